The Kier molecular flexibility index (Phi) is 4.52. The minimum atomic E-state index is -0.847. The van der Waals surface area contributed by atoms with Gasteiger partial charge in [-0.2, -0.15) is 15.5 Å². The molecular weight excluding hydrogens is 266 g/mol. The fourth-order valence-corrected chi connectivity index (χ4v) is 2.31. The third-order valence-corrected chi connectivity index (χ3v) is 3.32. The van der Waals surface area contributed by atoms with Gasteiger partial charge in [0.1, 0.15) is 6.07 Å². The zero-order chi connectivity index (χ0) is 16.6. The largest absolute Gasteiger partial charge is 0.296 e. The molecule has 2 atom stereocenters. The monoisotopic (exact) mass is 289 g/mol. The minimum absolute atomic E-state index is 0.0485. The molecule has 0 aromatic rings. The van der Waals surface area contributed by atoms with Gasteiger partial charge in [0.15, 0.2) is 17.6 Å². The third-order valence-electron chi connectivity index (χ3n) is 3.32. The molecule has 0 N–H and O–H groups in total. The number of carbonyl (C=O) groups excluding carboxylic acids is 2. The summed E-state index contributed by atoms with van der Waals surface area (Å²) in [6.07, 6.45) is 0. The molecule has 0 fully saturated rings. The SMILES string of the molecule is CC1=C(C#N)C(=O)C(C(C)(C)C)C(=O)C1/N=N/C(C)(C)C. The number of carbonyl (C=O) groups is 2. The van der Waals surface area contributed by atoms with Crippen molar-refractivity contribution in [3.63, 3.8) is 0 Å². The van der Waals surface area contributed by atoms with Crippen LogP contribution in [0.1, 0.15) is 48.5 Å². The van der Waals surface area contributed by atoms with Crippen LogP contribution in [-0.2, 0) is 9.59 Å². The number of azo groups is 1. The summed E-state index contributed by atoms with van der Waals surface area (Å²) >= 11 is 0. The number of ketones is 2. The lowest BCUT2D eigenvalue weighted by Gasteiger charge is -2.33. The minimum Gasteiger partial charge on any atom is -0.296 e. The maximum absolute atomic E-state index is 12.7. The van der Waals surface area contributed by atoms with E-state index in [-0.39, 0.29) is 11.4 Å². The van der Waals surface area contributed by atoms with E-state index in [9.17, 15) is 14.9 Å². The first-order valence-corrected chi connectivity index (χ1v) is 7.01. The van der Waals surface area contributed by atoms with Crippen LogP contribution in [-0.4, -0.2) is 23.1 Å². The molecule has 0 spiro atoms. The lowest BCUT2D eigenvalue weighted by atomic mass is 9.68. The van der Waals surface area contributed by atoms with Gasteiger partial charge in [0.2, 0.25) is 0 Å². The summed E-state index contributed by atoms with van der Waals surface area (Å²) in [6, 6.07) is 1.10. The van der Waals surface area contributed by atoms with Gasteiger partial charge in [-0.1, -0.05) is 20.8 Å². The molecule has 1 aliphatic rings. The molecule has 0 aromatic carbocycles. The summed E-state index contributed by atoms with van der Waals surface area (Å²) in [7, 11) is 0. The van der Waals surface area contributed by atoms with Gasteiger partial charge < -0.3 is 0 Å². The van der Waals surface area contributed by atoms with Crippen molar-refractivity contribution >= 4 is 11.6 Å². The van der Waals surface area contributed by atoms with Crippen LogP contribution >= 0.6 is 0 Å². The van der Waals surface area contributed by atoms with E-state index in [2.05, 4.69) is 10.2 Å². The predicted molar refractivity (Wildman–Crippen MR) is 79.7 cm³/mol. The zero-order valence-corrected chi connectivity index (χ0v) is 13.8. The van der Waals surface area contributed by atoms with Crippen LogP contribution in [0.15, 0.2) is 21.4 Å². The molecule has 5 nitrogen and oxygen atoms in total. The highest BCUT2D eigenvalue weighted by Gasteiger charge is 2.47. The quantitative estimate of drug-likeness (QED) is 0.548. The van der Waals surface area contributed by atoms with Crippen molar-refractivity contribution in [3.05, 3.63) is 11.1 Å². The van der Waals surface area contributed by atoms with Crippen molar-refractivity contribution in [3.8, 4) is 6.07 Å². The summed E-state index contributed by atoms with van der Waals surface area (Å²) in [5.41, 5.74) is -0.508. The lowest BCUT2D eigenvalue weighted by Crippen LogP contribution is -2.45. The van der Waals surface area contributed by atoms with Crippen LogP contribution in [0.5, 0.6) is 0 Å². The summed E-state index contributed by atoms with van der Waals surface area (Å²) in [4.78, 5) is 25.1. The molecule has 1 aliphatic carbocycles. The smallest absolute Gasteiger partial charge is 0.184 e. The second kappa shape index (κ2) is 5.51. The second-order valence-corrected chi connectivity index (χ2v) is 7.52. The highest BCUT2D eigenvalue weighted by molar-refractivity contribution is 6.18. The molecule has 0 saturated carbocycles. The zero-order valence-electron chi connectivity index (χ0n) is 13.8. The average Bonchev–Trinajstić information content (AvgIpc) is 2.25. The first-order valence-electron chi connectivity index (χ1n) is 7.01. The Morgan fingerprint density at radius 3 is 2.00 bits per heavy atom. The molecule has 0 bridgehead atoms. The number of Topliss-reactive ketones (excluding diaryl/α,β-unsaturated/α-hetero) is 2. The van der Waals surface area contributed by atoms with Crippen LogP contribution in [0.4, 0.5) is 0 Å². The molecule has 1 rings (SSSR count). The summed E-state index contributed by atoms with van der Waals surface area (Å²) in [5.74, 6) is -1.51. The van der Waals surface area contributed by atoms with Gasteiger partial charge in [0.05, 0.1) is 17.0 Å². The Morgan fingerprint density at radius 2 is 1.62 bits per heavy atom. The number of nitriles is 1. The highest BCUT2D eigenvalue weighted by atomic mass is 16.2. The van der Waals surface area contributed by atoms with E-state index in [0.717, 1.165) is 0 Å². The summed E-state index contributed by atoms with van der Waals surface area (Å²) in [6.45, 7) is 12.7. The first-order chi connectivity index (χ1) is 9.40. The maximum atomic E-state index is 12.7. The van der Waals surface area contributed by atoms with E-state index in [1.807, 2.05) is 47.6 Å². The first kappa shape index (κ1) is 17.2. The average molecular weight is 289 g/mol. The van der Waals surface area contributed by atoms with Crippen LogP contribution in [0.3, 0.4) is 0 Å². The Hall–Kier alpha value is -1.83. The fourth-order valence-electron chi connectivity index (χ4n) is 2.31. The molecule has 2 unspecified atom stereocenters. The van der Waals surface area contributed by atoms with Crippen molar-refractivity contribution in [1.29, 1.82) is 5.26 Å². The van der Waals surface area contributed by atoms with E-state index < -0.39 is 28.7 Å². The van der Waals surface area contributed by atoms with Crippen LogP contribution in [0, 0.1) is 22.7 Å². The van der Waals surface area contributed by atoms with Crippen LogP contribution in [0.2, 0.25) is 0 Å². The van der Waals surface area contributed by atoms with E-state index in [1.165, 1.54) is 0 Å². The Balaban J connectivity index is 3.41. The normalized spacial score (nSPS) is 24.7. The predicted octanol–water partition coefficient (Wildman–Crippen LogP) is 3.26. The van der Waals surface area contributed by atoms with E-state index in [0.29, 0.717) is 5.57 Å². The van der Waals surface area contributed by atoms with Crippen molar-refractivity contribution in [2.24, 2.45) is 21.6 Å². The number of hydrogen-bond donors (Lipinski definition) is 0. The van der Waals surface area contributed by atoms with Crippen molar-refractivity contribution in [1.82, 2.24) is 0 Å². The van der Waals surface area contributed by atoms with Gasteiger partial charge in [-0.25, -0.2) is 0 Å². The van der Waals surface area contributed by atoms with Crippen molar-refractivity contribution < 1.29 is 9.59 Å². The number of allylic oxidation sites excluding steroid dienone is 1. The van der Waals surface area contributed by atoms with Gasteiger partial charge in [-0.05, 0) is 38.7 Å². The van der Waals surface area contributed by atoms with E-state index in [1.54, 1.807) is 6.92 Å². The van der Waals surface area contributed by atoms with Crippen LogP contribution < -0.4 is 0 Å². The molecule has 0 aliphatic heterocycles. The molecule has 21 heavy (non-hydrogen) atoms. The van der Waals surface area contributed by atoms with Gasteiger partial charge in [0, 0.05) is 0 Å². The Morgan fingerprint density at radius 1 is 1.10 bits per heavy atom. The van der Waals surface area contributed by atoms with Gasteiger partial charge >= 0.3 is 0 Å². The Labute approximate surface area is 126 Å². The molecule has 0 radical (unpaired) electrons. The fraction of sp³-hybridized carbons (Fsp3) is 0.688. The number of hydrogen-bond acceptors (Lipinski definition) is 5. The van der Waals surface area contributed by atoms with Gasteiger partial charge in [-0.3, -0.25) is 9.59 Å². The standard InChI is InChI=1S/C16H23N3O2/c1-9-10(8-17)13(20)11(15(2,3)4)14(21)12(9)18-19-16(5,6)7/h11-12H,1-7H3/b19-18+. The van der Waals surface area contributed by atoms with E-state index in [4.69, 9.17) is 0 Å². The molecule has 0 amide bonds. The number of rotatable bonds is 1. The van der Waals surface area contributed by atoms with Crippen LogP contribution in [0.25, 0.3) is 0 Å². The highest BCUT2D eigenvalue weighted by Crippen LogP contribution is 2.37. The topological polar surface area (TPSA) is 82.6 Å². The third kappa shape index (κ3) is 3.63. The van der Waals surface area contributed by atoms with Gasteiger partial charge in [0.25, 0.3) is 0 Å². The molecule has 114 valence electrons. The molecule has 0 heterocycles. The maximum Gasteiger partial charge on any atom is 0.184 e. The lowest BCUT2D eigenvalue weighted by molar-refractivity contribution is -0.136. The van der Waals surface area contributed by atoms with E-state index >= 15 is 0 Å². The molecule has 5 heteroatoms. The molecule has 0 saturated heterocycles. The van der Waals surface area contributed by atoms with Crippen molar-refractivity contribution in [2.75, 3.05) is 0 Å². The Bertz CT molecular complexity index is 566. The molecule has 0 aromatic heterocycles. The number of nitrogens with zero attached hydrogens (tertiary/aromatic N) is 3. The molecular formula is C16H23N3O2. The summed E-state index contributed by atoms with van der Waals surface area (Å²) < 4.78 is 0. The van der Waals surface area contributed by atoms with Crippen molar-refractivity contribution in [2.45, 2.75) is 60.0 Å². The second-order valence-electron chi connectivity index (χ2n) is 7.52. The summed E-state index contributed by atoms with van der Waals surface area (Å²) in [5, 5.41) is 17.5. The van der Waals surface area contributed by atoms with Gasteiger partial charge in [-0.15, -0.1) is 0 Å².